The van der Waals surface area contributed by atoms with Crippen LogP contribution in [-0.2, 0) is 4.79 Å². The monoisotopic (exact) mass is 377 g/mol. The highest BCUT2D eigenvalue weighted by Crippen LogP contribution is 2.21. The fourth-order valence-electron chi connectivity index (χ4n) is 2.19. The predicted octanol–water partition coefficient (Wildman–Crippen LogP) is 2.80. The Bertz CT molecular complexity index is 749. The Labute approximate surface area is 142 Å². The van der Waals surface area contributed by atoms with Gasteiger partial charge in [0.2, 0.25) is 0 Å². The summed E-state index contributed by atoms with van der Waals surface area (Å²) in [4.78, 5) is 31.7. The van der Waals surface area contributed by atoms with E-state index in [2.05, 4.69) is 31.2 Å². The molecule has 1 amide bonds. The third-order valence-electron chi connectivity index (χ3n) is 3.28. The molecule has 0 fully saturated rings. The number of carbonyl (C=O) groups excluding carboxylic acids is 1. The number of rotatable bonds is 5. The lowest BCUT2D eigenvalue weighted by molar-refractivity contribution is -0.137. The average molecular weight is 378 g/mol. The summed E-state index contributed by atoms with van der Waals surface area (Å²) >= 11 is 3.35. The van der Waals surface area contributed by atoms with Crippen molar-refractivity contribution in [2.24, 2.45) is 0 Å². The van der Waals surface area contributed by atoms with Crippen LogP contribution in [0.1, 0.15) is 39.9 Å². The zero-order valence-electron chi connectivity index (χ0n) is 12.7. The topological polar surface area (TPSA) is 92.2 Å². The van der Waals surface area contributed by atoms with E-state index in [0.717, 1.165) is 4.47 Å². The molecule has 0 aliphatic heterocycles. The number of carboxylic acids is 1. The normalized spacial score (nSPS) is 11.8. The minimum atomic E-state index is -0.993. The maximum Gasteiger partial charge on any atom is 0.305 e. The van der Waals surface area contributed by atoms with Crippen molar-refractivity contribution >= 4 is 27.8 Å². The third kappa shape index (κ3) is 4.59. The van der Waals surface area contributed by atoms with Gasteiger partial charge in [-0.15, -0.1) is 0 Å². The van der Waals surface area contributed by atoms with Crippen LogP contribution in [0.4, 0.5) is 0 Å². The van der Waals surface area contributed by atoms with E-state index in [1.807, 2.05) is 6.07 Å². The number of hydrogen-bond donors (Lipinski definition) is 2. The first-order valence-electron chi connectivity index (χ1n) is 6.95. The first-order chi connectivity index (χ1) is 10.9. The van der Waals surface area contributed by atoms with E-state index in [4.69, 9.17) is 5.11 Å². The molecule has 0 saturated carbocycles. The van der Waals surface area contributed by atoms with E-state index in [1.54, 1.807) is 32.0 Å². The Hall–Kier alpha value is -2.28. The molecule has 6 nitrogen and oxygen atoms in total. The van der Waals surface area contributed by atoms with Crippen LogP contribution >= 0.6 is 15.9 Å². The van der Waals surface area contributed by atoms with Gasteiger partial charge in [0.05, 0.1) is 23.7 Å². The fourth-order valence-corrected chi connectivity index (χ4v) is 2.61. The molecule has 120 valence electrons. The number of carboxylic acid groups (broad SMARTS) is 1. The van der Waals surface area contributed by atoms with Crippen LogP contribution in [0.5, 0.6) is 0 Å². The van der Waals surface area contributed by atoms with Gasteiger partial charge in [-0.1, -0.05) is 28.1 Å². The number of hydrogen-bond acceptors (Lipinski definition) is 4. The summed E-state index contributed by atoms with van der Waals surface area (Å²) in [5, 5.41) is 11.8. The number of carbonyl (C=O) groups is 2. The van der Waals surface area contributed by atoms with Gasteiger partial charge in [-0.2, -0.15) is 0 Å². The molecule has 2 aromatic rings. The zero-order chi connectivity index (χ0) is 17.0. The number of amides is 1. The molecule has 0 aliphatic carbocycles. The van der Waals surface area contributed by atoms with Gasteiger partial charge in [-0.3, -0.25) is 9.59 Å². The molecule has 1 aromatic carbocycles. The highest BCUT2D eigenvalue weighted by molar-refractivity contribution is 9.10. The lowest BCUT2D eigenvalue weighted by Gasteiger charge is -2.18. The van der Waals surface area contributed by atoms with Gasteiger partial charge in [0.15, 0.2) is 0 Å². The van der Waals surface area contributed by atoms with Crippen LogP contribution in [0.2, 0.25) is 0 Å². The van der Waals surface area contributed by atoms with Crippen LogP contribution in [0.25, 0.3) is 0 Å². The zero-order valence-corrected chi connectivity index (χ0v) is 14.3. The Morgan fingerprint density at radius 2 is 2.09 bits per heavy atom. The standard InChI is InChI=1S/C16H16BrN3O3/c1-9-13(8-18-10(2)19-9)16(23)20-14(7-15(21)22)11-4-3-5-12(17)6-11/h3-6,8,14H,7H2,1-2H3,(H,20,23)(H,21,22). The van der Waals surface area contributed by atoms with Gasteiger partial charge < -0.3 is 10.4 Å². The number of nitrogens with one attached hydrogen (secondary N) is 1. The molecule has 1 unspecified atom stereocenters. The first-order valence-corrected chi connectivity index (χ1v) is 7.74. The average Bonchev–Trinajstić information content (AvgIpc) is 2.45. The smallest absolute Gasteiger partial charge is 0.305 e. The Kier molecular flexibility index (Phi) is 5.44. The van der Waals surface area contributed by atoms with Crippen molar-refractivity contribution in [3.8, 4) is 0 Å². The van der Waals surface area contributed by atoms with Crippen LogP contribution < -0.4 is 5.32 Å². The van der Waals surface area contributed by atoms with E-state index in [1.165, 1.54) is 6.20 Å². The molecule has 2 N–H and O–H groups in total. The number of nitrogens with zero attached hydrogens (tertiary/aromatic N) is 2. The van der Waals surface area contributed by atoms with Crippen molar-refractivity contribution in [2.45, 2.75) is 26.3 Å². The summed E-state index contributed by atoms with van der Waals surface area (Å²) in [6.45, 7) is 3.46. The molecule has 0 saturated heterocycles. The second kappa shape index (κ2) is 7.32. The van der Waals surface area contributed by atoms with Crippen molar-refractivity contribution in [1.29, 1.82) is 0 Å². The van der Waals surface area contributed by atoms with E-state index in [0.29, 0.717) is 22.6 Å². The molecule has 0 bridgehead atoms. The van der Waals surface area contributed by atoms with E-state index in [-0.39, 0.29) is 6.42 Å². The van der Waals surface area contributed by atoms with Gasteiger partial charge in [0.25, 0.3) is 5.91 Å². The number of aryl methyl sites for hydroxylation is 2. The fraction of sp³-hybridized carbons (Fsp3) is 0.250. The third-order valence-corrected chi connectivity index (χ3v) is 3.77. The van der Waals surface area contributed by atoms with Crippen LogP contribution in [0.15, 0.2) is 34.9 Å². The van der Waals surface area contributed by atoms with Crippen LogP contribution in [0.3, 0.4) is 0 Å². The van der Waals surface area contributed by atoms with E-state index < -0.39 is 17.9 Å². The van der Waals surface area contributed by atoms with Gasteiger partial charge in [-0.05, 0) is 31.5 Å². The molecule has 7 heteroatoms. The Balaban J connectivity index is 2.27. The Morgan fingerprint density at radius 3 is 2.70 bits per heavy atom. The molecule has 0 spiro atoms. The molecule has 1 aromatic heterocycles. The maximum absolute atomic E-state index is 12.4. The second-order valence-corrected chi connectivity index (χ2v) is 6.01. The maximum atomic E-state index is 12.4. The van der Waals surface area contributed by atoms with Gasteiger partial charge in [-0.25, -0.2) is 9.97 Å². The van der Waals surface area contributed by atoms with Gasteiger partial charge >= 0.3 is 5.97 Å². The summed E-state index contributed by atoms with van der Waals surface area (Å²) in [6, 6.07) is 6.55. The molecular weight excluding hydrogens is 362 g/mol. The van der Waals surface area contributed by atoms with Crippen LogP contribution in [-0.4, -0.2) is 27.0 Å². The molecule has 0 radical (unpaired) electrons. The lowest BCUT2D eigenvalue weighted by atomic mass is 10.0. The van der Waals surface area contributed by atoms with Crippen molar-refractivity contribution in [2.75, 3.05) is 0 Å². The molecule has 1 atom stereocenters. The number of aromatic nitrogens is 2. The molecule has 1 heterocycles. The lowest BCUT2D eigenvalue weighted by Crippen LogP contribution is -2.31. The molecule has 2 rings (SSSR count). The minimum absolute atomic E-state index is 0.214. The summed E-state index contributed by atoms with van der Waals surface area (Å²) in [5.41, 5.74) is 1.60. The summed E-state index contributed by atoms with van der Waals surface area (Å²) in [5.74, 6) is -0.811. The van der Waals surface area contributed by atoms with Crippen molar-refractivity contribution in [3.63, 3.8) is 0 Å². The predicted molar refractivity (Wildman–Crippen MR) is 88.1 cm³/mol. The van der Waals surface area contributed by atoms with E-state index in [9.17, 15) is 9.59 Å². The van der Waals surface area contributed by atoms with Crippen LogP contribution in [0, 0.1) is 13.8 Å². The molecule has 0 aliphatic rings. The molecule has 23 heavy (non-hydrogen) atoms. The van der Waals surface area contributed by atoms with Crippen molar-refractivity contribution in [3.05, 3.63) is 57.6 Å². The summed E-state index contributed by atoms with van der Waals surface area (Å²) < 4.78 is 0.814. The number of benzene rings is 1. The number of aliphatic carboxylic acids is 1. The highest BCUT2D eigenvalue weighted by Gasteiger charge is 2.20. The highest BCUT2D eigenvalue weighted by atomic mass is 79.9. The quantitative estimate of drug-likeness (QED) is 0.835. The number of halogens is 1. The Morgan fingerprint density at radius 1 is 1.35 bits per heavy atom. The minimum Gasteiger partial charge on any atom is -0.481 e. The van der Waals surface area contributed by atoms with E-state index >= 15 is 0 Å². The second-order valence-electron chi connectivity index (χ2n) is 5.10. The van der Waals surface area contributed by atoms with Crippen molar-refractivity contribution in [1.82, 2.24) is 15.3 Å². The largest absolute Gasteiger partial charge is 0.481 e. The molecular formula is C16H16BrN3O3. The van der Waals surface area contributed by atoms with Gasteiger partial charge in [0.1, 0.15) is 5.82 Å². The summed E-state index contributed by atoms with van der Waals surface area (Å²) in [6.07, 6.45) is 1.24. The van der Waals surface area contributed by atoms with Crippen molar-refractivity contribution < 1.29 is 14.7 Å². The summed E-state index contributed by atoms with van der Waals surface area (Å²) in [7, 11) is 0. The first kappa shape index (κ1) is 17.1. The van der Waals surface area contributed by atoms with Gasteiger partial charge in [0, 0.05) is 10.7 Å². The SMILES string of the molecule is Cc1ncc(C(=O)NC(CC(=O)O)c2cccc(Br)c2)c(C)n1.